The predicted molar refractivity (Wildman–Crippen MR) is 57.4 cm³/mol. The first-order valence-electron chi connectivity index (χ1n) is 4.77. The maximum absolute atomic E-state index is 12.5. The van der Waals surface area contributed by atoms with Gasteiger partial charge in [0, 0.05) is 6.42 Å². The number of hydrogen-bond acceptors (Lipinski definition) is 2. The minimum Gasteiger partial charge on any atom is -0.495 e. The van der Waals surface area contributed by atoms with Crippen LogP contribution in [-0.2, 0) is 17.4 Å². The molecule has 0 heterocycles. The highest BCUT2D eigenvalue weighted by atomic mass is 35.5. The van der Waals surface area contributed by atoms with Gasteiger partial charge in [-0.15, -0.1) is 0 Å². The largest absolute Gasteiger partial charge is 0.495 e. The van der Waals surface area contributed by atoms with E-state index in [1.807, 2.05) is 0 Å². The summed E-state index contributed by atoms with van der Waals surface area (Å²) in [6.45, 7) is 0. The van der Waals surface area contributed by atoms with Crippen molar-refractivity contribution in [2.75, 3.05) is 7.11 Å². The van der Waals surface area contributed by atoms with E-state index >= 15 is 0 Å². The minimum atomic E-state index is -4.47. The molecule has 1 rings (SSSR count). The van der Waals surface area contributed by atoms with Crippen molar-refractivity contribution in [1.82, 2.24) is 0 Å². The number of ether oxygens (including phenoxy) is 1. The summed E-state index contributed by atoms with van der Waals surface area (Å²) in [5.41, 5.74) is -0.566. The van der Waals surface area contributed by atoms with Gasteiger partial charge in [-0.1, -0.05) is 11.6 Å². The number of rotatable bonds is 4. The number of carbonyl (C=O) groups is 1. The molecule has 1 aromatic carbocycles. The van der Waals surface area contributed by atoms with E-state index in [0.29, 0.717) is 6.29 Å². The highest BCUT2D eigenvalue weighted by Gasteiger charge is 2.32. The van der Waals surface area contributed by atoms with E-state index < -0.39 is 11.7 Å². The second kappa shape index (κ2) is 5.40. The molecule has 0 spiro atoms. The van der Waals surface area contributed by atoms with E-state index in [2.05, 4.69) is 0 Å². The van der Waals surface area contributed by atoms with Crippen LogP contribution in [0, 0.1) is 0 Å². The van der Waals surface area contributed by atoms with Crippen molar-refractivity contribution < 1.29 is 22.7 Å². The number of alkyl halides is 3. The number of aryl methyl sites for hydroxylation is 1. The first kappa shape index (κ1) is 13.8. The number of hydrogen-bond donors (Lipinski definition) is 0. The van der Waals surface area contributed by atoms with Crippen molar-refractivity contribution in [2.45, 2.75) is 19.0 Å². The fraction of sp³-hybridized carbons (Fsp3) is 0.364. The predicted octanol–water partition coefficient (Wildman–Crippen LogP) is 3.50. The van der Waals surface area contributed by atoms with Crippen LogP contribution in [0.1, 0.15) is 17.5 Å². The normalized spacial score (nSPS) is 11.4. The molecular weight excluding hydrogens is 257 g/mol. The zero-order valence-electron chi connectivity index (χ0n) is 8.97. The van der Waals surface area contributed by atoms with Crippen LogP contribution >= 0.6 is 11.6 Å². The standard InChI is InChI=1S/C11H10ClF3O2/c1-17-10-7(3-2-4-16)5-8(6-9(10)12)11(13,14)15/h4-6H,2-3H2,1H3. The van der Waals surface area contributed by atoms with Gasteiger partial charge in [-0.05, 0) is 24.1 Å². The molecule has 6 heteroatoms. The monoisotopic (exact) mass is 266 g/mol. The van der Waals surface area contributed by atoms with Gasteiger partial charge >= 0.3 is 6.18 Å². The van der Waals surface area contributed by atoms with Gasteiger partial charge in [-0.3, -0.25) is 0 Å². The fourth-order valence-electron chi connectivity index (χ4n) is 1.44. The van der Waals surface area contributed by atoms with Gasteiger partial charge in [0.1, 0.15) is 12.0 Å². The van der Waals surface area contributed by atoms with Gasteiger partial charge < -0.3 is 9.53 Å². The summed E-state index contributed by atoms with van der Waals surface area (Å²) in [5, 5.41) is -0.108. The molecule has 0 saturated carbocycles. The van der Waals surface area contributed by atoms with E-state index in [0.717, 1.165) is 12.1 Å². The molecule has 0 fully saturated rings. The second-order valence-electron chi connectivity index (χ2n) is 3.35. The summed E-state index contributed by atoms with van der Waals surface area (Å²) < 4.78 is 42.5. The van der Waals surface area contributed by atoms with Crippen molar-refractivity contribution in [3.63, 3.8) is 0 Å². The molecule has 0 bridgehead atoms. The molecule has 0 amide bonds. The van der Waals surface area contributed by atoms with Gasteiger partial charge in [0.15, 0.2) is 0 Å². The summed E-state index contributed by atoms with van der Waals surface area (Å²) in [5.74, 6) is 0.182. The van der Waals surface area contributed by atoms with Crippen LogP contribution in [-0.4, -0.2) is 13.4 Å². The molecule has 0 aromatic heterocycles. The number of methoxy groups -OCH3 is 1. The van der Waals surface area contributed by atoms with Crippen LogP contribution in [0.3, 0.4) is 0 Å². The average molecular weight is 267 g/mol. The van der Waals surface area contributed by atoms with Crippen molar-refractivity contribution in [3.05, 3.63) is 28.3 Å². The molecule has 0 aliphatic rings. The molecular formula is C11H10ClF3O2. The third kappa shape index (κ3) is 3.36. The van der Waals surface area contributed by atoms with E-state index in [9.17, 15) is 18.0 Å². The molecule has 17 heavy (non-hydrogen) atoms. The zero-order valence-corrected chi connectivity index (χ0v) is 9.73. The molecule has 94 valence electrons. The summed E-state index contributed by atoms with van der Waals surface area (Å²) >= 11 is 5.71. The quantitative estimate of drug-likeness (QED) is 0.780. The fourth-order valence-corrected chi connectivity index (χ4v) is 1.76. The lowest BCUT2D eigenvalue weighted by Gasteiger charge is -2.14. The Kier molecular flexibility index (Phi) is 4.40. The Morgan fingerprint density at radius 3 is 2.53 bits per heavy atom. The van der Waals surface area contributed by atoms with Crippen LogP contribution in [0.25, 0.3) is 0 Å². The van der Waals surface area contributed by atoms with Crippen molar-refractivity contribution in [2.24, 2.45) is 0 Å². The Morgan fingerprint density at radius 2 is 2.06 bits per heavy atom. The average Bonchev–Trinajstić information content (AvgIpc) is 2.24. The number of carbonyl (C=O) groups excluding carboxylic acids is 1. The maximum atomic E-state index is 12.5. The molecule has 2 nitrogen and oxygen atoms in total. The Morgan fingerprint density at radius 1 is 1.41 bits per heavy atom. The third-order valence-corrected chi connectivity index (χ3v) is 2.46. The second-order valence-corrected chi connectivity index (χ2v) is 3.76. The first-order chi connectivity index (χ1) is 7.90. The lowest BCUT2D eigenvalue weighted by molar-refractivity contribution is -0.137. The highest BCUT2D eigenvalue weighted by Crippen LogP contribution is 2.37. The van der Waals surface area contributed by atoms with E-state index in [1.54, 1.807) is 0 Å². The van der Waals surface area contributed by atoms with Gasteiger partial charge in [0.2, 0.25) is 0 Å². The molecule has 1 aromatic rings. The highest BCUT2D eigenvalue weighted by molar-refractivity contribution is 6.32. The molecule has 0 radical (unpaired) electrons. The lowest BCUT2D eigenvalue weighted by atomic mass is 10.0. The van der Waals surface area contributed by atoms with E-state index in [-0.39, 0.29) is 29.2 Å². The van der Waals surface area contributed by atoms with E-state index in [1.165, 1.54) is 7.11 Å². The third-order valence-electron chi connectivity index (χ3n) is 2.18. The van der Waals surface area contributed by atoms with E-state index in [4.69, 9.17) is 16.3 Å². The Balaban J connectivity index is 3.23. The first-order valence-corrected chi connectivity index (χ1v) is 5.15. The van der Waals surface area contributed by atoms with Crippen molar-refractivity contribution in [3.8, 4) is 5.75 Å². The lowest BCUT2D eigenvalue weighted by Crippen LogP contribution is -2.07. The number of benzene rings is 1. The molecule has 0 aliphatic heterocycles. The molecule has 0 unspecified atom stereocenters. The molecule has 0 aliphatic carbocycles. The molecule has 0 atom stereocenters. The van der Waals surface area contributed by atoms with Crippen LogP contribution in [0.4, 0.5) is 13.2 Å². The summed E-state index contributed by atoms with van der Waals surface area (Å²) in [4.78, 5) is 10.2. The summed E-state index contributed by atoms with van der Waals surface area (Å²) in [6, 6.07) is 1.76. The molecule has 0 saturated heterocycles. The van der Waals surface area contributed by atoms with Gasteiger partial charge in [0.05, 0.1) is 17.7 Å². The van der Waals surface area contributed by atoms with Gasteiger partial charge in [0.25, 0.3) is 0 Å². The Bertz CT molecular complexity index is 416. The van der Waals surface area contributed by atoms with Crippen molar-refractivity contribution in [1.29, 1.82) is 0 Å². The zero-order chi connectivity index (χ0) is 13.1. The Hall–Kier alpha value is -1.23. The van der Waals surface area contributed by atoms with Crippen molar-refractivity contribution >= 4 is 17.9 Å². The SMILES string of the molecule is COc1c(Cl)cc(C(F)(F)F)cc1CCC=O. The smallest absolute Gasteiger partial charge is 0.416 e. The van der Waals surface area contributed by atoms with Crippen LogP contribution < -0.4 is 4.74 Å². The molecule has 0 N–H and O–H groups in total. The van der Waals surface area contributed by atoms with Crippen LogP contribution in [0.15, 0.2) is 12.1 Å². The van der Waals surface area contributed by atoms with Gasteiger partial charge in [-0.2, -0.15) is 13.2 Å². The topological polar surface area (TPSA) is 26.3 Å². The maximum Gasteiger partial charge on any atom is 0.416 e. The van der Waals surface area contributed by atoms with Crippen LogP contribution in [0.2, 0.25) is 5.02 Å². The number of halogens is 4. The summed E-state index contributed by atoms with van der Waals surface area (Å²) in [6.07, 6.45) is -3.55. The summed E-state index contributed by atoms with van der Waals surface area (Å²) in [7, 11) is 1.32. The Labute approximate surface area is 101 Å². The van der Waals surface area contributed by atoms with Crippen LogP contribution in [0.5, 0.6) is 5.75 Å². The minimum absolute atomic E-state index is 0.108. The number of aldehydes is 1. The van der Waals surface area contributed by atoms with Gasteiger partial charge in [-0.25, -0.2) is 0 Å².